The van der Waals surface area contributed by atoms with E-state index >= 15 is 0 Å². The zero-order valence-electron chi connectivity index (χ0n) is 10.0. The number of carbonyl (C=O) groups excluding carboxylic acids is 1. The molecule has 1 aromatic heterocycles. The number of H-pyrrole nitrogens is 2. The third kappa shape index (κ3) is 3.42. The molecule has 0 fully saturated rings. The summed E-state index contributed by atoms with van der Waals surface area (Å²) in [6, 6.07) is 6.78. The van der Waals surface area contributed by atoms with Crippen LogP contribution in [-0.2, 0) is 0 Å². The molecule has 0 unspecified atom stereocenters. The van der Waals surface area contributed by atoms with E-state index in [4.69, 9.17) is 11.6 Å². The van der Waals surface area contributed by atoms with Gasteiger partial charge in [0.2, 0.25) is 0 Å². The molecule has 3 N–H and O–H groups in total. The zero-order valence-corrected chi connectivity index (χ0v) is 10.8. The van der Waals surface area contributed by atoms with Crippen molar-refractivity contribution in [2.24, 2.45) is 5.10 Å². The van der Waals surface area contributed by atoms with Gasteiger partial charge in [-0.15, -0.1) is 0 Å². The van der Waals surface area contributed by atoms with Gasteiger partial charge >= 0.3 is 5.69 Å². The number of aromatic nitrogens is 2. The Morgan fingerprint density at radius 1 is 1.25 bits per heavy atom. The fraction of sp³-hybridized carbons (Fsp3) is 0. The lowest BCUT2D eigenvalue weighted by Crippen LogP contribution is -2.31. The van der Waals surface area contributed by atoms with Crippen LogP contribution in [0.5, 0.6) is 0 Å². The number of benzene rings is 1. The van der Waals surface area contributed by atoms with E-state index in [0.29, 0.717) is 5.02 Å². The van der Waals surface area contributed by atoms with Crippen molar-refractivity contribution in [3.05, 3.63) is 67.4 Å². The maximum Gasteiger partial charge on any atom is 0.325 e. The first-order valence-corrected chi connectivity index (χ1v) is 5.85. The first kappa shape index (κ1) is 13.8. The van der Waals surface area contributed by atoms with Gasteiger partial charge in [0.15, 0.2) is 0 Å². The molecule has 0 atom stereocenters. The van der Waals surface area contributed by atoms with E-state index in [-0.39, 0.29) is 5.56 Å². The predicted octanol–water partition coefficient (Wildman–Crippen LogP) is 0.481. The van der Waals surface area contributed by atoms with Gasteiger partial charge in [-0.1, -0.05) is 23.7 Å². The van der Waals surface area contributed by atoms with Crippen molar-refractivity contribution in [2.45, 2.75) is 0 Å². The van der Waals surface area contributed by atoms with Crippen LogP contribution in [0.3, 0.4) is 0 Å². The second-order valence-electron chi connectivity index (χ2n) is 3.74. The average Bonchev–Trinajstić information content (AvgIpc) is 2.41. The molecule has 2 rings (SSSR count). The minimum atomic E-state index is -0.784. The van der Waals surface area contributed by atoms with Crippen LogP contribution in [0.4, 0.5) is 0 Å². The van der Waals surface area contributed by atoms with E-state index < -0.39 is 17.2 Å². The van der Waals surface area contributed by atoms with Gasteiger partial charge in [0, 0.05) is 11.2 Å². The molecular formula is C12H9ClN4O3. The number of nitrogens with one attached hydrogen (secondary N) is 3. The van der Waals surface area contributed by atoms with Gasteiger partial charge in [0.05, 0.1) is 6.21 Å². The highest BCUT2D eigenvalue weighted by Gasteiger charge is 2.09. The summed E-state index contributed by atoms with van der Waals surface area (Å²) in [5, 5.41) is 4.29. The highest BCUT2D eigenvalue weighted by Crippen LogP contribution is 2.07. The molecular weight excluding hydrogens is 284 g/mol. The predicted molar refractivity (Wildman–Crippen MR) is 74.2 cm³/mol. The molecule has 8 heteroatoms. The SMILES string of the molecule is O=C(NN=Cc1ccc(Cl)cc1)c1c[nH]c(=O)[nH]c1=O. The van der Waals surface area contributed by atoms with Gasteiger partial charge in [0.1, 0.15) is 5.56 Å². The summed E-state index contributed by atoms with van der Waals surface area (Å²) in [5.74, 6) is -0.729. The van der Waals surface area contributed by atoms with Crippen LogP contribution in [-0.4, -0.2) is 22.1 Å². The molecule has 0 aliphatic rings. The molecule has 1 amide bonds. The van der Waals surface area contributed by atoms with E-state index in [0.717, 1.165) is 11.8 Å². The molecule has 0 radical (unpaired) electrons. The Balaban J connectivity index is 2.07. The number of aromatic amines is 2. The normalized spacial score (nSPS) is 10.7. The Bertz CT molecular complexity index is 761. The number of hydrogen-bond acceptors (Lipinski definition) is 4. The number of hydrogen-bond donors (Lipinski definition) is 3. The Morgan fingerprint density at radius 3 is 2.60 bits per heavy atom. The number of rotatable bonds is 3. The molecule has 1 aromatic carbocycles. The molecule has 7 nitrogen and oxygen atoms in total. The fourth-order valence-electron chi connectivity index (χ4n) is 1.35. The standard InChI is InChI=1S/C12H9ClN4O3/c13-8-3-1-7(2-4-8)5-15-17-11(19)9-6-14-12(20)16-10(9)18/h1-6H,(H,17,19)(H2,14,16,18,20). The summed E-state index contributed by atoms with van der Waals surface area (Å²) in [7, 11) is 0. The lowest BCUT2D eigenvalue weighted by atomic mass is 10.2. The van der Waals surface area contributed by atoms with Gasteiger partial charge in [-0.25, -0.2) is 10.2 Å². The van der Waals surface area contributed by atoms with Crippen molar-refractivity contribution in [1.82, 2.24) is 15.4 Å². The molecule has 102 valence electrons. The van der Waals surface area contributed by atoms with Crippen LogP contribution in [0.15, 0.2) is 45.2 Å². The zero-order chi connectivity index (χ0) is 14.5. The van der Waals surface area contributed by atoms with E-state index in [1.165, 1.54) is 6.21 Å². The number of amides is 1. The molecule has 1 heterocycles. The minimum Gasteiger partial charge on any atom is -0.313 e. The second-order valence-corrected chi connectivity index (χ2v) is 4.17. The summed E-state index contributed by atoms with van der Waals surface area (Å²) in [5.41, 5.74) is 1.20. The summed E-state index contributed by atoms with van der Waals surface area (Å²) in [4.78, 5) is 37.9. The summed E-state index contributed by atoms with van der Waals surface area (Å²) in [6.07, 6.45) is 2.42. The number of nitrogens with zero attached hydrogens (tertiary/aromatic N) is 1. The van der Waals surface area contributed by atoms with E-state index in [1.54, 1.807) is 24.3 Å². The van der Waals surface area contributed by atoms with Crippen molar-refractivity contribution in [1.29, 1.82) is 0 Å². The topological polar surface area (TPSA) is 107 Å². The van der Waals surface area contributed by atoms with Crippen molar-refractivity contribution in [3.8, 4) is 0 Å². The first-order valence-electron chi connectivity index (χ1n) is 5.47. The van der Waals surface area contributed by atoms with E-state index in [1.807, 2.05) is 4.98 Å². The Labute approximate surface area is 117 Å². The molecule has 0 aliphatic heterocycles. The van der Waals surface area contributed by atoms with Gasteiger partial charge in [-0.05, 0) is 17.7 Å². The second kappa shape index (κ2) is 5.98. The minimum absolute atomic E-state index is 0.238. The molecule has 0 bridgehead atoms. The van der Waals surface area contributed by atoms with Gasteiger partial charge in [0.25, 0.3) is 11.5 Å². The molecule has 0 saturated heterocycles. The van der Waals surface area contributed by atoms with Crippen molar-refractivity contribution >= 4 is 23.7 Å². The van der Waals surface area contributed by atoms with Crippen molar-refractivity contribution in [2.75, 3.05) is 0 Å². The average molecular weight is 293 g/mol. The first-order chi connectivity index (χ1) is 9.56. The highest BCUT2D eigenvalue weighted by atomic mass is 35.5. The lowest BCUT2D eigenvalue weighted by Gasteiger charge is -1.98. The van der Waals surface area contributed by atoms with Crippen LogP contribution in [0.2, 0.25) is 5.02 Å². The Morgan fingerprint density at radius 2 is 1.95 bits per heavy atom. The molecule has 20 heavy (non-hydrogen) atoms. The largest absolute Gasteiger partial charge is 0.325 e. The van der Waals surface area contributed by atoms with Gasteiger partial charge in [-0.3, -0.25) is 14.6 Å². The third-order valence-corrected chi connectivity index (χ3v) is 2.57. The van der Waals surface area contributed by atoms with Crippen LogP contribution in [0.25, 0.3) is 0 Å². The number of hydrazone groups is 1. The van der Waals surface area contributed by atoms with Crippen LogP contribution < -0.4 is 16.7 Å². The number of halogens is 1. The van der Waals surface area contributed by atoms with Crippen molar-refractivity contribution in [3.63, 3.8) is 0 Å². The summed E-state index contributed by atoms with van der Waals surface area (Å²) < 4.78 is 0. The van der Waals surface area contributed by atoms with Gasteiger partial charge in [-0.2, -0.15) is 5.10 Å². The smallest absolute Gasteiger partial charge is 0.313 e. The molecule has 0 spiro atoms. The lowest BCUT2D eigenvalue weighted by molar-refractivity contribution is 0.0953. The monoisotopic (exact) mass is 292 g/mol. The Hall–Kier alpha value is -2.67. The Kier molecular flexibility index (Phi) is 4.11. The van der Waals surface area contributed by atoms with Crippen molar-refractivity contribution < 1.29 is 4.79 Å². The molecule has 0 saturated carbocycles. The quantitative estimate of drug-likeness (QED) is 0.565. The molecule has 2 aromatic rings. The maximum absolute atomic E-state index is 11.6. The van der Waals surface area contributed by atoms with Gasteiger partial charge < -0.3 is 4.98 Å². The fourth-order valence-corrected chi connectivity index (χ4v) is 1.48. The van der Waals surface area contributed by atoms with E-state index in [9.17, 15) is 14.4 Å². The summed E-state index contributed by atoms with van der Waals surface area (Å²) in [6.45, 7) is 0. The van der Waals surface area contributed by atoms with E-state index in [2.05, 4.69) is 15.5 Å². The number of carbonyl (C=O) groups is 1. The third-order valence-electron chi connectivity index (χ3n) is 2.31. The summed E-state index contributed by atoms with van der Waals surface area (Å²) >= 11 is 5.72. The molecule has 0 aliphatic carbocycles. The maximum atomic E-state index is 11.6. The highest BCUT2D eigenvalue weighted by molar-refractivity contribution is 6.30. The van der Waals surface area contributed by atoms with Crippen LogP contribution >= 0.6 is 11.6 Å². The van der Waals surface area contributed by atoms with Crippen LogP contribution in [0.1, 0.15) is 15.9 Å². The van der Waals surface area contributed by atoms with Crippen LogP contribution in [0, 0.1) is 0 Å².